The van der Waals surface area contributed by atoms with Gasteiger partial charge in [-0.1, -0.05) is 18.2 Å². The lowest BCUT2D eigenvalue weighted by atomic mass is 10.0. The highest BCUT2D eigenvalue weighted by molar-refractivity contribution is 6.18. The molecule has 2 aliphatic heterocycles. The molecule has 5 rings (SSSR count). The Balaban J connectivity index is 1.37. The van der Waals surface area contributed by atoms with E-state index in [4.69, 9.17) is 13.9 Å². The Kier molecular flexibility index (Phi) is 6.37. The van der Waals surface area contributed by atoms with Crippen LogP contribution in [0.3, 0.4) is 0 Å². The van der Waals surface area contributed by atoms with Crippen molar-refractivity contribution in [1.82, 2.24) is 10.2 Å². The molecule has 3 aromatic rings. The number of benzene rings is 2. The summed E-state index contributed by atoms with van der Waals surface area (Å²) >= 11 is 0. The number of anilines is 1. The van der Waals surface area contributed by atoms with Gasteiger partial charge in [0.2, 0.25) is 5.91 Å². The first-order valence-corrected chi connectivity index (χ1v) is 11.8. The van der Waals surface area contributed by atoms with Crippen molar-refractivity contribution in [2.45, 2.75) is 25.4 Å². The first-order valence-electron chi connectivity index (χ1n) is 11.8. The lowest BCUT2D eigenvalue weighted by Gasteiger charge is -2.41. The van der Waals surface area contributed by atoms with E-state index in [1.165, 1.54) is 14.2 Å². The van der Waals surface area contributed by atoms with E-state index < -0.39 is 6.17 Å². The fourth-order valence-electron chi connectivity index (χ4n) is 4.93. The fraction of sp³-hybridized carbons (Fsp3) is 0.296. The van der Waals surface area contributed by atoms with E-state index in [9.17, 15) is 14.4 Å². The van der Waals surface area contributed by atoms with Gasteiger partial charge in [0.25, 0.3) is 11.8 Å². The van der Waals surface area contributed by atoms with Gasteiger partial charge in [-0.2, -0.15) is 0 Å². The molecular formula is C27H27N3O6. The van der Waals surface area contributed by atoms with Gasteiger partial charge in [0.1, 0.15) is 11.9 Å². The molecule has 0 spiro atoms. The minimum atomic E-state index is -0.628. The van der Waals surface area contributed by atoms with Gasteiger partial charge in [-0.05, 0) is 36.8 Å². The maximum atomic E-state index is 13.7. The van der Waals surface area contributed by atoms with Crippen molar-refractivity contribution in [2.75, 3.05) is 32.2 Å². The molecule has 2 aromatic carbocycles. The Morgan fingerprint density at radius 1 is 1.03 bits per heavy atom. The fourth-order valence-corrected chi connectivity index (χ4v) is 4.93. The molecule has 1 atom stereocenters. The summed E-state index contributed by atoms with van der Waals surface area (Å²) in [5.74, 6) is 1.06. The number of nitrogens with zero attached hydrogens (tertiary/aromatic N) is 2. The number of para-hydroxylation sites is 1. The third kappa shape index (κ3) is 3.96. The summed E-state index contributed by atoms with van der Waals surface area (Å²) in [5.41, 5.74) is 2.06. The highest BCUT2D eigenvalue weighted by Gasteiger charge is 2.49. The van der Waals surface area contributed by atoms with Crippen molar-refractivity contribution in [1.29, 1.82) is 0 Å². The van der Waals surface area contributed by atoms with Gasteiger partial charge in [-0.3, -0.25) is 19.3 Å². The van der Waals surface area contributed by atoms with Gasteiger partial charge in [-0.15, -0.1) is 0 Å². The average Bonchev–Trinajstić information content (AvgIpc) is 3.52. The predicted octanol–water partition coefficient (Wildman–Crippen LogP) is 3.55. The molecule has 0 saturated carbocycles. The summed E-state index contributed by atoms with van der Waals surface area (Å²) in [7, 11) is 3.01. The molecule has 0 fully saturated rings. The molecule has 3 amide bonds. The minimum Gasteiger partial charge on any atom is -0.493 e. The number of rotatable bonds is 9. The maximum Gasteiger partial charge on any atom is 0.264 e. The van der Waals surface area contributed by atoms with Crippen molar-refractivity contribution >= 4 is 23.4 Å². The molecular weight excluding hydrogens is 462 g/mol. The van der Waals surface area contributed by atoms with Crippen molar-refractivity contribution in [3.8, 4) is 11.5 Å². The number of hydrogen-bond acceptors (Lipinski definition) is 6. The molecule has 9 heteroatoms. The van der Waals surface area contributed by atoms with Gasteiger partial charge in [-0.25, -0.2) is 0 Å². The third-order valence-corrected chi connectivity index (χ3v) is 6.56. The number of nitrogens with one attached hydrogen (secondary N) is 1. The molecule has 0 saturated heterocycles. The van der Waals surface area contributed by atoms with E-state index in [2.05, 4.69) is 5.32 Å². The van der Waals surface area contributed by atoms with E-state index in [-0.39, 0.29) is 24.1 Å². The highest BCUT2D eigenvalue weighted by atomic mass is 16.5. The highest BCUT2D eigenvalue weighted by Crippen LogP contribution is 2.49. The van der Waals surface area contributed by atoms with Crippen LogP contribution in [-0.4, -0.2) is 49.9 Å². The Morgan fingerprint density at radius 3 is 2.61 bits per heavy atom. The molecule has 9 nitrogen and oxygen atoms in total. The molecule has 0 unspecified atom stereocenters. The van der Waals surface area contributed by atoms with Gasteiger partial charge >= 0.3 is 0 Å². The number of carbonyl (C=O) groups is 3. The first-order chi connectivity index (χ1) is 17.5. The summed E-state index contributed by atoms with van der Waals surface area (Å²) in [6.07, 6.45) is 2.29. The standard InChI is InChI=1S/C27H27N3O6/c1-34-21-12-11-19-23(24(21)35-2)27(33)30-20-9-4-3-8-18(20)26(32)29(25(19)30)15-5-10-22(31)28-14-13-17-7-6-16-36-17/h3-4,6-9,11-12,16,25H,5,10,13-15H2,1-2H3,(H,28,31)/t25-/m1/s1. The maximum absolute atomic E-state index is 13.7. The molecule has 0 radical (unpaired) electrons. The molecule has 0 aliphatic carbocycles. The van der Waals surface area contributed by atoms with Crippen LogP contribution in [0.15, 0.2) is 59.2 Å². The van der Waals surface area contributed by atoms with Crippen LogP contribution in [-0.2, 0) is 11.2 Å². The lowest BCUT2D eigenvalue weighted by molar-refractivity contribution is -0.121. The smallest absolute Gasteiger partial charge is 0.264 e. The van der Waals surface area contributed by atoms with Crippen LogP contribution in [0.25, 0.3) is 0 Å². The van der Waals surface area contributed by atoms with Gasteiger partial charge in [0, 0.05) is 31.5 Å². The zero-order chi connectivity index (χ0) is 25.2. The molecule has 0 bridgehead atoms. The number of amides is 3. The minimum absolute atomic E-state index is 0.0995. The van der Waals surface area contributed by atoms with Crippen molar-refractivity contribution in [2.24, 2.45) is 0 Å². The number of hydrogen-bond donors (Lipinski definition) is 1. The number of furan rings is 1. The predicted molar refractivity (Wildman–Crippen MR) is 131 cm³/mol. The van der Waals surface area contributed by atoms with Crippen LogP contribution in [0.2, 0.25) is 0 Å². The van der Waals surface area contributed by atoms with E-state index in [0.717, 1.165) is 5.76 Å². The molecule has 36 heavy (non-hydrogen) atoms. The summed E-state index contributed by atoms with van der Waals surface area (Å²) < 4.78 is 16.2. The van der Waals surface area contributed by atoms with Gasteiger partial charge < -0.3 is 24.1 Å². The third-order valence-electron chi connectivity index (χ3n) is 6.56. The Morgan fingerprint density at radius 2 is 1.86 bits per heavy atom. The lowest BCUT2D eigenvalue weighted by Crippen LogP contribution is -2.48. The summed E-state index contributed by atoms with van der Waals surface area (Å²) in [5, 5.41) is 2.88. The normalized spacial score (nSPS) is 15.9. The van der Waals surface area contributed by atoms with Gasteiger partial charge in [0.15, 0.2) is 11.5 Å². The van der Waals surface area contributed by atoms with Crippen LogP contribution in [0.5, 0.6) is 11.5 Å². The van der Waals surface area contributed by atoms with Crippen molar-refractivity contribution in [3.05, 3.63) is 77.2 Å². The van der Waals surface area contributed by atoms with E-state index in [1.54, 1.807) is 52.5 Å². The van der Waals surface area contributed by atoms with Crippen LogP contribution in [0.4, 0.5) is 5.69 Å². The quantitative estimate of drug-likeness (QED) is 0.493. The summed E-state index contributed by atoms with van der Waals surface area (Å²) in [4.78, 5) is 42.9. The monoisotopic (exact) mass is 489 g/mol. The largest absolute Gasteiger partial charge is 0.493 e. The number of methoxy groups -OCH3 is 2. The molecule has 186 valence electrons. The van der Waals surface area contributed by atoms with E-state index in [0.29, 0.717) is 59.8 Å². The van der Waals surface area contributed by atoms with Crippen LogP contribution in [0, 0.1) is 0 Å². The second-order valence-corrected chi connectivity index (χ2v) is 8.61. The average molecular weight is 490 g/mol. The number of ether oxygens (including phenoxy) is 2. The van der Waals surface area contributed by atoms with Crippen molar-refractivity contribution in [3.63, 3.8) is 0 Å². The van der Waals surface area contributed by atoms with Crippen molar-refractivity contribution < 1.29 is 28.3 Å². The zero-order valence-corrected chi connectivity index (χ0v) is 20.2. The Labute approximate surface area is 208 Å². The van der Waals surface area contributed by atoms with E-state index in [1.807, 2.05) is 12.1 Å². The number of fused-ring (bicyclic) bond motifs is 5. The number of carbonyl (C=O) groups excluding carboxylic acids is 3. The molecule has 1 N–H and O–H groups in total. The molecule has 2 aliphatic rings. The van der Waals surface area contributed by atoms with E-state index >= 15 is 0 Å². The Hall–Kier alpha value is -4.27. The van der Waals surface area contributed by atoms with Crippen LogP contribution < -0.4 is 19.7 Å². The first kappa shape index (κ1) is 23.5. The van der Waals surface area contributed by atoms with Gasteiger partial charge in [0.05, 0.1) is 37.3 Å². The zero-order valence-electron chi connectivity index (χ0n) is 20.2. The van der Waals surface area contributed by atoms with Crippen LogP contribution >= 0.6 is 0 Å². The summed E-state index contributed by atoms with van der Waals surface area (Å²) in [6, 6.07) is 14.3. The second kappa shape index (κ2) is 9.77. The van der Waals surface area contributed by atoms with Crippen LogP contribution in [0.1, 0.15) is 51.0 Å². The summed E-state index contributed by atoms with van der Waals surface area (Å²) in [6.45, 7) is 0.781. The second-order valence-electron chi connectivity index (χ2n) is 8.61. The molecule has 3 heterocycles. The Bertz CT molecular complexity index is 1300. The molecule has 1 aromatic heterocycles. The topological polar surface area (TPSA) is 101 Å². The SMILES string of the molecule is COc1ccc2c(c1OC)C(=O)N1c3ccccc3C(=O)N(CCCC(=O)NCCc3ccco3)[C@@H]21.